The average Bonchev–Trinajstić information content (AvgIpc) is 3.02. The molecule has 0 unspecified atom stereocenters. The highest BCUT2D eigenvalue weighted by Crippen LogP contribution is 2.56. The minimum Gasteiger partial charge on any atom is -0.726 e. The van der Waals surface area contributed by atoms with Crippen LogP contribution in [-0.2, 0) is 20.0 Å². The molecule has 0 atom stereocenters. The van der Waals surface area contributed by atoms with Crippen LogP contribution in [-0.4, -0.2) is 35.3 Å². The van der Waals surface area contributed by atoms with Gasteiger partial charge in [-0.05, 0) is 82.0 Å². The van der Waals surface area contributed by atoms with Gasteiger partial charge in [0.1, 0.15) is 23.2 Å². The Bertz CT molecular complexity index is 1430. The fourth-order valence-corrected chi connectivity index (χ4v) is 10.1. The second kappa shape index (κ2) is 17.3. The molecule has 0 spiro atoms. The van der Waals surface area contributed by atoms with Gasteiger partial charge in [-0.3, -0.25) is 14.1 Å². The van der Waals surface area contributed by atoms with Crippen LogP contribution in [0.25, 0.3) is 0 Å². The molecule has 3 aromatic rings. The van der Waals surface area contributed by atoms with Gasteiger partial charge in [-0.2, -0.15) is 0 Å². The Kier molecular flexibility index (Phi) is 13.9. The van der Waals surface area contributed by atoms with Crippen molar-refractivity contribution in [1.82, 2.24) is 0 Å². The van der Waals surface area contributed by atoms with E-state index in [9.17, 15) is 9.59 Å². The number of unbranched alkanes of at least 4 members (excludes halogenated alkanes) is 7. The van der Waals surface area contributed by atoms with Gasteiger partial charge in [0.15, 0.2) is 11.6 Å². The lowest BCUT2D eigenvalue weighted by Crippen LogP contribution is -2.33. The van der Waals surface area contributed by atoms with Crippen LogP contribution in [0.5, 0.6) is 0 Å². The number of Topliss-reactive ketones (excluding diaryl/α,β-unsaturated/α-hetero) is 1. The summed E-state index contributed by atoms with van der Waals surface area (Å²) in [4.78, 5) is 24.5. The van der Waals surface area contributed by atoms with E-state index in [4.69, 9.17) is 17.5 Å². The predicted molar refractivity (Wildman–Crippen MR) is 180 cm³/mol. The van der Waals surface area contributed by atoms with Crippen molar-refractivity contribution < 1.29 is 27.1 Å². The first kappa shape index (κ1) is 35.3. The van der Waals surface area contributed by atoms with E-state index < -0.39 is 17.7 Å². The highest BCUT2D eigenvalue weighted by atomic mass is 32.3. The molecule has 1 aliphatic carbocycles. The molecule has 3 aromatic carbocycles. The summed E-state index contributed by atoms with van der Waals surface area (Å²) in [7, 11) is -6.63. The van der Waals surface area contributed by atoms with Crippen molar-refractivity contribution in [3.8, 4) is 0 Å². The van der Waals surface area contributed by atoms with Gasteiger partial charge < -0.3 is 4.55 Å². The molecule has 44 heavy (non-hydrogen) atoms. The van der Waals surface area contributed by atoms with E-state index in [1.165, 1.54) is 60.6 Å². The van der Waals surface area contributed by atoms with Crippen LogP contribution in [0.2, 0.25) is 0 Å². The molecule has 0 radical (unpaired) electrons. The van der Waals surface area contributed by atoms with Crippen molar-refractivity contribution >= 4 is 45.1 Å². The van der Waals surface area contributed by atoms with Gasteiger partial charge in [-0.25, -0.2) is 8.42 Å². The molecule has 1 N–H and O–H groups in total. The Hall–Kier alpha value is -3.22. The summed E-state index contributed by atoms with van der Waals surface area (Å²) < 4.78 is 32.8. The number of carbonyl (C=O) groups excluding carboxylic acids is 2. The molecule has 4 rings (SSSR count). The van der Waals surface area contributed by atoms with Gasteiger partial charge in [-0.15, -0.1) is 0 Å². The third kappa shape index (κ3) is 10.4. The first-order chi connectivity index (χ1) is 21.0. The molecule has 0 heterocycles. The molecular formula is C36H43O6PS. The van der Waals surface area contributed by atoms with Crippen LogP contribution < -0.4 is 15.9 Å². The van der Waals surface area contributed by atoms with E-state index >= 15 is 0 Å². The van der Waals surface area contributed by atoms with Gasteiger partial charge in [0, 0.05) is 16.7 Å². The third-order valence-electron chi connectivity index (χ3n) is 8.15. The first-order valence-electron chi connectivity index (χ1n) is 15.2. The largest absolute Gasteiger partial charge is 0.726 e. The van der Waals surface area contributed by atoms with E-state index in [0.717, 1.165) is 19.3 Å². The zero-order valence-corrected chi connectivity index (χ0v) is 27.4. The maximum atomic E-state index is 12.4. The van der Waals surface area contributed by atoms with Crippen LogP contribution in [0, 0.1) is 0 Å². The Morgan fingerprint density at radius 3 is 1.39 bits per heavy atom. The molecule has 0 aromatic heterocycles. The molecule has 0 bridgehead atoms. The first-order valence-corrected chi connectivity index (χ1v) is 18.6. The lowest BCUT2D eigenvalue weighted by molar-refractivity contribution is -0.116. The van der Waals surface area contributed by atoms with Crippen molar-refractivity contribution in [1.29, 1.82) is 0 Å². The van der Waals surface area contributed by atoms with Crippen molar-refractivity contribution in [3.05, 3.63) is 114 Å². The lowest BCUT2D eigenvalue weighted by atomic mass is 9.88. The second-order valence-electron chi connectivity index (χ2n) is 11.2. The Balaban J connectivity index is 0.000000978. The molecule has 1 aliphatic rings. The van der Waals surface area contributed by atoms with Crippen molar-refractivity contribution in [3.63, 3.8) is 0 Å². The van der Waals surface area contributed by atoms with Gasteiger partial charge in [0.25, 0.3) is 0 Å². The number of benzene rings is 3. The fourth-order valence-electron chi connectivity index (χ4n) is 5.72. The number of carbonyl (C=O) groups is 2. The van der Waals surface area contributed by atoms with E-state index in [0.29, 0.717) is 16.7 Å². The maximum absolute atomic E-state index is 12.4. The molecular weight excluding hydrogens is 591 g/mol. The summed E-state index contributed by atoms with van der Waals surface area (Å²) in [6.07, 6.45) is 13.0. The molecule has 8 heteroatoms. The highest BCUT2D eigenvalue weighted by molar-refractivity contribution is 7.95. The summed E-state index contributed by atoms with van der Waals surface area (Å²) >= 11 is 0. The molecule has 234 valence electrons. The van der Waals surface area contributed by atoms with Crippen LogP contribution in [0.1, 0.15) is 71.6 Å². The Morgan fingerprint density at radius 2 is 0.977 bits per heavy atom. The molecule has 0 amide bonds. The smallest absolute Gasteiger partial charge is 0.215 e. The monoisotopic (exact) mass is 634 g/mol. The Labute approximate surface area is 263 Å². The zero-order chi connectivity index (χ0) is 32.0. The van der Waals surface area contributed by atoms with Gasteiger partial charge in [0.2, 0.25) is 10.4 Å². The quantitative estimate of drug-likeness (QED) is 0.0678. The SMILES string of the molecule is CC1=C(C)C(=O)C(CCCCCCCCCC[P+](c2ccccc2)(c2ccccc2)c2ccccc2)=CC1=O.O=S(=O)([O-])O. The number of rotatable bonds is 14. The van der Waals surface area contributed by atoms with E-state index in [1.807, 2.05) is 0 Å². The fraction of sp³-hybridized carbons (Fsp3) is 0.333. The van der Waals surface area contributed by atoms with Crippen molar-refractivity contribution in [2.75, 3.05) is 6.16 Å². The molecule has 0 fully saturated rings. The number of hydrogen-bond donors (Lipinski definition) is 1. The summed E-state index contributed by atoms with van der Waals surface area (Å²) in [6, 6.07) is 33.5. The summed E-state index contributed by atoms with van der Waals surface area (Å²) in [5.41, 5.74) is 1.92. The summed E-state index contributed by atoms with van der Waals surface area (Å²) in [5, 5.41) is 4.41. The normalized spacial score (nSPS) is 13.8. The number of allylic oxidation sites excluding steroid dienone is 4. The number of ketones is 2. The molecule has 0 saturated heterocycles. The van der Waals surface area contributed by atoms with Gasteiger partial charge in [-0.1, -0.05) is 86.7 Å². The van der Waals surface area contributed by atoms with Crippen LogP contribution in [0.15, 0.2) is 114 Å². The van der Waals surface area contributed by atoms with Crippen molar-refractivity contribution in [2.24, 2.45) is 0 Å². The number of hydrogen-bond acceptors (Lipinski definition) is 5. The maximum Gasteiger partial charge on any atom is 0.215 e. The summed E-state index contributed by atoms with van der Waals surface area (Å²) in [5.74, 6) is 0.0629. The second-order valence-corrected chi connectivity index (χ2v) is 15.6. The van der Waals surface area contributed by atoms with Crippen LogP contribution >= 0.6 is 7.26 Å². The van der Waals surface area contributed by atoms with Crippen molar-refractivity contribution in [2.45, 2.75) is 71.6 Å². The predicted octanol–water partition coefficient (Wildman–Crippen LogP) is 6.91. The standard InChI is InChI=1S/C36H42O2P.H2O4S/c1-29-30(2)36(38)31(28-35(29)37)20-12-7-5-3-4-6-8-19-27-39(32-21-13-9-14-22-32,33-23-15-10-16-24-33)34-25-17-11-18-26-34;1-5(2,3)4/h9-11,13-18,21-26,28H,3-8,12,19-20,27H2,1-2H3;(H2,1,2,3,4)/q+1;/p-1. The minimum atomic E-state index is -4.92. The lowest BCUT2D eigenvalue weighted by Gasteiger charge is -2.27. The highest BCUT2D eigenvalue weighted by Gasteiger charge is 2.44. The molecule has 0 aliphatic heterocycles. The van der Waals surface area contributed by atoms with Gasteiger partial charge >= 0.3 is 0 Å². The van der Waals surface area contributed by atoms with Gasteiger partial charge in [0.05, 0.1) is 6.16 Å². The molecule has 0 saturated carbocycles. The summed E-state index contributed by atoms with van der Waals surface area (Å²) in [6.45, 7) is 3.52. The van der Waals surface area contributed by atoms with E-state index in [-0.39, 0.29) is 11.6 Å². The zero-order valence-electron chi connectivity index (χ0n) is 25.7. The topological polar surface area (TPSA) is 112 Å². The van der Waals surface area contributed by atoms with Crippen LogP contribution in [0.3, 0.4) is 0 Å². The molecule has 6 nitrogen and oxygen atoms in total. The minimum absolute atomic E-state index is 0.000334. The van der Waals surface area contributed by atoms with E-state index in [1.54, 1.807) is 19.9 Å². The third-order valence-corrected chi connectivity index (χ3v) is 12.7. The van der Waals surface area contributed by atoms with Crippen LogP contribution in [0.4, 0.5) is 0 Å². The van der Waals surface area contributed by atoms with E-state index in [2.05, 4.69) is 91.0 Å². The Morgan fingerprint density at radius 1 is 0.614 bits per heavy atom. The average molecular weight is 635 g/mol.